The second-order valence-electron chi connectivity index (χ2n) is 6.61. The van der Waals surface area contributed by atoms with Crippen molar-refractivity contribution in [2.24, 2.45) is 0 Å². The Labute approximate surface area is 157 Å². The molecule has 0 amide bonds. The molecule has 2 heterocycles. The van der Waals surface area contributed by atoms with E-state index in [1.165, 1.54) is 10.5 Å². The van der Waals surface area contributed by atoms with Gasteiger partial charge < -0.3 is 9.47 Å². The lowest BCUT2D eigenvalue weighted by atomic mass is 10.0. The molecule has 0 unspecified atom stereocenters. The van der Waals surface area contributed by atoms with E-state index in [0.717, 1.165) is 11.1 Å². The standard InChI is InChI=1S/C21H22N2O4/c1-14(2)17-8-4-5-9-18(17)26-13-20(25)27-12-16-11-19(24)23-10-6-7-15(3)21(23)22-16/h4-11,14H,12-13H2,1-3H3. The summed E-state index contributed by atoms with van der Waals surface area (Å²) in [7, 11) is 0. The third-order valence-corrected chi connectivity index (χ3v) is 4.21. The molecule has 0 N–H and O–H groups in total. The minimum Gasteiger partial charge on any atom is -0.482 e. The van der Waals surface area contributed by atoms with Gasteiger partial charge in [0.05, 0.1) is 5.69 Å². The van der Waals surface area contributed by atoms with Crippen LogP contribution in [0.4, 0.5) is 0 Å². The number of esters is 1. The van der Waals surface area contributed by atoms with Crippen LogP contribution in [0.5, 0.6) is 5.75 Å². The summed E-state index contributed by atoms with van der Waals surface area (Å²) in [5.74, 6) is 0.442. The summed E-state index contributed by atoms with van der Waals surface area (Å²) in [4.78, 5) is 28.6. The summed E-state index contributed by atoms with van der Waals surface area (Å²) < 4.78 is 12.3. The highest BCUT2D eigenvalue weighted by Crippen LogP contribution is 2.25. The Morgan fingerprint density at radius 1 is 1.19 bits per heavy atom. The third-order valence-electron chi connectivity index (χ3n) is 4.21. The van der Waals surface area contributed by atoms with Crippen molar-refractivity contribution >= 4 is 11.6 Å². The zero-order valence-corrected chi connectivity index (χ0v) is 15.6. The van der Waals surface area contributed by atoms with Crippen LogP contribution in [0, 0.1) is 6.92 Å². The summed E-state index contributed by atoms with van der Waals surface area (Å²) in [6.07, 6.45) is 1.66. The van der Waals surface area contributed by atoms with Gasteiger partial charge >= 0.3 is 5.97 Å². The Balaban J connectivity index is 1.64. The number of fused-ring (bicyclic) bond motifs is 1. The number of carbonyl (C=O) groups excluding carboxylic acids is 1. The van der Waals surface area contributed by atoms with Crippen LogP contribution in [0.1, 0.15) is 36.6 Å². The van der Waals surface area contributed by atoms with Gasteiger partial charge in [0.1, 0.15) is 18.0 Å². The molecule has 1 aromatic carbocycles. The number of nitrogens with zero attached hydrogens (tertiary/aromatic N) is 2. The van der Waals surface area contributed by atoms with Crippen LogP contribution < -0.4 is 10.3 Å². The van der Waals surface area contributed by atoms with Crippen molar-refractivity contribution in [3.05, 3.63) is 75.8 Å². The minimum atomic E-state index is -0.514. The lowest BCUT2D eigenvalue weighted by Gasteiger charge is -2.13. The van der Waals surface area contributed by atoms with Gasteiger partial charge in [-0.1, -0.05) is 38.1 Å². The maximum absolute atomic E-state index is 12.2. The van der Waals surface area contributed by atoms with Gasteiger partial charge in [0, 0.05) is 12.3 Å². The Bertz CT molecular complexity index is 1020. The zero-order valence-electron chi connectivity index (χ0n) is 15.6. The highest BCUT2D eigenvalue weighted by atomic mass is 16.6. The highest BCUT2D eigenvalue weighted by Gasteiger charge is 2.11. The maximum atomic E-state index is 12.2. The molecule has 0 aliphatic rings. The van der Waals surface area contributed by atoms with Gasteiger partial charge in [-0.05, 0) is 36.1 Å². The molecule has 0 saturated heterocycles. The van der Waals surface area contributed by atoms with E-state index in [2.05, 4.69) is 18.8 Å². The quantitative estimate of drug-likeness (QED) is 0.627. The first-order valence-corrected chi connectivity index (χ1v) is 8.81. The molecule has 0 radical (unpaired) electrons. The number of para-hydroxylation sites is 1. The van der Waals surface area contributed by atoms with Crippen molar-refractivity contribution < 1.29 is 14.3 Å². The number of hydrogen-bond acceptors (Lipinski definition) is 5. The predicted molar refractivity (Wildman–Crippen MR) is 102 cm³/mol. The number of hydrogen-bond donors (Lipinski definition) is 0. The summed E-state index contributed by atoms with van der Waals surface area (Å²) in [6.45, 7) is 5.72. The molecular weight excluding hydrogens is 344 g/mol. The highest BCUT2D eigenvalue weighted by molar-refractivity contribution is 5.71. The van der Waals surface area contributed by atoms with Crippen LogP contribution in [0.25, 0.3) is 5.65 Å². The van der Waals surface area contributed by atoms with Gasteiger partial charge in [-0.2, -0.15) is 0 Å². The number of carbonyl (C=O) groups is 1. The summed E-state index contributed by atoms with van der Waals surface area (Å²) in [5.41, 5.74) is 2.65. The normalized spacial score (nSPS) is 11.0. The monoisotopic (exact) mass is 366 g/mol. The number of benzene rings is 1. The van der Waals surface area contributed by atoms with Gasteiger partial charge in [-0.15, -0.1) is 0 Å². The molecule has 2 aromatic heterocycles. The fraction of sp³-hybridized carbons (Fsp3) is 0.286. The second kappa shape index (κ2) is 8.03. The topological polar surface area (TPSA) is 69.9 Å². The minimum absolute atomic E-state index is 0.0753. The van der Waals surface area contributed by atoms with E-state index >= 15 is 0 Å². The SMILES string of the molecule is Cc1cccn2c(=O)cc(COC(=O)COc3ccccc3C(C)C)nc12. The van der Waals surface area contributed by atoms with Crippen molar-refractivity contribution in [2.75, 3.05) is 6.61 Å². The van der Waals surface area contributed by atoms with Gasteiger partial charge in [-0.3, -0.25) is 9.20 Å². The van der Waals surface area contributed by atoms with Crippen molar-refractivity contribution in [1.29, 1.82) is 0 Å². The van der Waals surface area contributed by atoms with E-state index in [1.807, 2.05) is 37.3 Å². The molecule has 6 nitrogen and oxygen atoms in total. The molecule has 0 saturated carbocycles. The Kier molecular flexibility index (Phi) is 5.54. The smallest absolute Gasteiger partial charge is 0.344 e. The molecule has 140 valence electrons. The first-order valence-electron chi connectivity index (χ1n) is 8.81. The second-order valence-corrected chi connectivity index (χ2v) is 6.61. The molecule has 3 rings (SSSR count). The van der Waals surface area contributed by atoms with Crippen molar-refractivity contribution in [1.82, 2.24) is 9.38 Å². The largest absolute Gasteiger partial charge is 0.482 e. The molecule has 0 atom stereocenters. The molecule has 0 bridgehead atoms. The number of ether oxygens (including phenoxy) is 2. The van der Waals surface area contributed by atoms with Gasteiger partial charge in [0.25, 0.3) is 5.56 Å². The summed E-state index contributed by atoms with van der Waals surface area (Å²) in [5, 5.41) is 0. The van der Waals surface area contributed by atoms with E-state index in [1.54, 1.807) is 12.3 Å². The van der Waals surface area contributed by atoms with Crippen LogP contribution in [-0.2, 0) is 16.1 Å². The fourth-order valence-electron chi connectivity index (χ4n) is 2.80. The van der Waals surface area contributed by atoms with Crippen LogP contribution in [-0.4, -0.2) is 22.0 Å². The molecule has 6 heteroatoms. The van der Waals surface area contributed by atoms with E-state index in [4.69, 9.17) is 9.47 Å². The van der Waals surface area contributed by atoms with Gasteiger partial charge in [0.2, 0.25) is 0 Å². The Morgan fingerprint density at radius 3 is 2.74 bits per heavy atom. The number of aromatic nitrogens is 2. The number of pyridine rings is 1. The van der Waals surface area contributed by atoms with Crippen molar-refractivity contribution in [3.63, 3.8) is 0 Å². The van der Waals surface area contributed by atoms with Crippen LogP contribution in [0.2, 0.25) is 0 Å². The van der Waals surface area contributed by atoms with Crippen LogP contribution in [0.15, 0.2) is 53.5 Å². The van der Waals surface area contributed by atoms with Crippen molar-refractivity contribution in [3.8, 4) is 5.75 Å². The lowest BCUT2D eigenvalue weighted by Crippen LogP contribution is -2.19. The zero-order chi connectivity index (χ0) is 19.4. The van der Waals surface area contributed by atoms with Crippen LogP contribution >= 0.6 is 0 Å². The molecule has 3 aromatic rings. The van der Waals surface area contributed by atoms with E-state index in [9.17, 15) is 9.59 Å². The maximum Gasteiger partial charge on any atom is 0.344 e. The van der Waals surface area contributed by atoms with E-state index < -0.39 is 5.97 Å². The third kappa shape index (κ3) is 4.34. The first kappa shape index (κ1) is 18.6. The molecule has 0 spiro atoms. The van der Waals surface area contributed by atoms with Crippen LogP contribution in [0.3, 0.4) is 0 Å². The average molecular weight is 366 g/mol. The van der Waals surface area contributed by atoms with E-state index in [-0.39, 0.29) is 24.7 Å². The Hall–Kier alpha value is -3.15. The summed E-state index contributed by atoms with van der Waals surface area (Å²) in [6, 6.07) is 12.6. The molecule has 27 heavy (non-hydrogen) atoms. The molecule has 0 aliphatic carbocycles. The predicted octanol–water partition coefficient (Wildman–Crippen LogP) is 3.25. The lowest BCUT2D eigenvalue weighted by molar-refractivity contribution is -0.147. The molecular formula is C21H22N2O4. The fourth-order valence-corrected chi connectivity index (χ4v) is 2.80. The summed E-state index contributed by atoms with van der Waals surface area (Å²) >= 11 is 0. The van der Waals surface area contributed by atoms with Gasteiger partial charge in [0.15, 0.2) is 6.61 Å². The van der Waals surface area contributed by atoms with E-state index in [0.29, 0.717) is 17.1 Å². The number of rotatable bonds is 6. The average Bonchev–Trinajstić information content (AvgIpc) is 2.65. The van der Waals surface area contributed by atoms with Crippen molar-refractivity contribution in [2.45, 2.75) is 33.3 Å². The molecule has 0 fully saturated rings. The number of aryl methyl sites for hydroxylation is 1. The molecule has 0 aliphatic heterocycles. The van der Waals surface area contributed by atoms with Gasteiger partial charge in [-0.25, -0.2) is 9.78 Å². The first-order chi connectivity index (χ1) is 13.0. The Morgan fingerprint density at radius 2 is 1.96 bits per heavy atom.